The summed E-state index contributed by atoms with van der Waals surface area (Å²) < 4.78 is 17.0. The van der Waals surface area contributed by atoms with Crippen LogP contribution < -0.4 is 16.0 Å². The Morgan fingerprint density at radius 3 is 2.56 bits per heavy atom. The average Bonchev–Trinajstić information content (AvgIpc) is 3.51. The zero-order chi connectivity index (χ0) is 28.7. The number of urea groups is 1. The Morgan fingerprint density at radius 2 is 1.85 bits per heavy atom. The summed E-state index contributed by atoms with van der Waals surface area (Å²) in [7, 11) is 0. The Kier molecular flexibility index (Phi) is 8.29. The van der Waals surface area contributed by atoms with Crippen LogP contribution >= 0.6 is 0 Å². The highest BCUT2D eigenvalue weighted by atomic mass is 19.1. The maximum Gasteiger partial charge on any atom is 0.319 e. The number of imidazole rings is 1. The smallest absolute Gasteiger partial charge is 0.319 e. The van der Waals surface area contributed by atoms with Crippen LogP contribution in [0.1, 0.15) is 54.0 Å². The van der Waals surface area contributed by atoms with Crippen molar-refractivity contribution in [2.45, 2.75) is 44.2 Å². The number of carbonyl (C=O) groups excluding carboxylic acids is 2. The fourth-order valence-electron chi connectivity index (χ4n) is 5.11. The molecule has 1 saturated carbocycles. The first-order valence-electron chi connectivity index (χ1n) is 13.4. The zero-order valence-corrected chi connectivity index (χ0v) is 22.3. The molecule has 0 spiro atoms. The van der Waals surface area contributed by atoms with Gasteiger partial charge in [0.05, 0.1) is 17.6 Å². The molecule has 0 aliphatic heterocycles. The molecule has 2 aromatic heterocycles. The molecule has 11 heteroatoms. The van der Waals surface area contributed by atoms with Crippen LogP contribution in [0.3, 0.4) is 0 Å². The lowest BCUT2D eigenvalue weighted by Crippen LogP contribution is -2.49. The number of amides is 3. The van der Waals surface area contributed by atoms with E-state index >= 15 is 4.39 Å². The predicted molar refractivity (Wildman–Crippen MR) is 150 cm³/mol. The number of aromatic nitrogens is 4. The van der Waals surface area contributed by atoms with Gasteiger partial charge in [0, 0.05) is 48.5 Å². The molecule has 0 unspecified atom stereocenters. The summed E-state index contributed by atoms with van der Waals surface area (Å²) in [6.07, 6.45) is 10.9. The molecule has 1 fully saturated rings. The van der Waals surface area contributed by atoms with Gasteiger partial charge in [0.1, 0.15) is 11.9 Å². The van der Waals surface area contributed by atoms with E-state index < -0.39 is 17.4 Å². The summed E-state index contributed by atoms with van der Waals surface area (Å²) in [5.74, 6) is -0.682. The first kappa shape index (κ1) is 27.5. The molecule has 2 aromatic carbocycles. The van der Waals surface area contributed by atoms with Crippen LogP contribution in [0, 0.1) is 17.1 Å². The van der Waals surface area contributed by atoms with Gasteiger partial charge in [0.2, 0.25) is 5.82 Å². The van der Waals surface area contributed by atoms with Gasteiger partial charge in [-0.1, -0.05) is 31.4 Å². The minimum atomic E-state index is -0.733. The topological polar surface area (TPSA) is 138 Å². The second kappa shape index (κ2) is 12.4. The number of hydrogen-bond acceptors (Lipinski definition) is 6. The number of nitriles is 1. The van der Waals surface area contributed by atoms with Crippen molar-refractivity contribution in [3.05, 3.63) is 96.3 Å². The van der Waals surface area contributed by atoms with Gasteiger partial charge in [-0.05, 0) is 54.8 Å². The highest BCUT2D eigenvalue weighted by molar-refractivity contribution is 5.94. The minimum absolute atomic E-state index is 0.0478. The van der Waals surface area contributed by atoms with Crippen LogP contribution in [0.15, 0.2) is 73.4 Å². The highest BCUT2D eigenvalue weighted by Crippen LogP contribution is 2.36. The van der Waals surface area contributed by atoms with Gasteiger partial charge >= 0.3 is 6.03 Å². The van der Waals surface area contributed by atoms with Gasteiger partial charge in [0.15, 0.2) is 0 Å². The van der Waals surface area contributed by atoms with Crippen molar-refractivity contribution in [1.82, 2.24) is 30.2 Å². The number of benzene rings is 2. The first-order chi connectivity index (χ1) is 20.0. The molecule has 5 rings (SSSR count). The third-order valence-corrected chi connectivity index (χ3v) is 7.21. The lowest BCUT2D eigenvalue weighted by Gasteiger charge is -2.37. The first-order valence-corrected chi connectivity index (χ1v) is 13.4. The second-order valence-electron chi connectivity index (χ2n) is 9.93. The Hall–Kier alpha value is -5.11. The van der Waals surface area contributed by atoms with Gasteiger partial charge in [0.25, 0.3) is 5.91 Å². The van der Waals surface area contributed by atoms with Crippen molar-refractivity contribution in [1.29, 1.82) is 5.26 Å². The van der Waals surface area contributed by atoms with Crippen LogP contribution in [0.25, 0.3) is 11.1 Å². The van der Waals surface area contributed by atoms with Crippen LogP contribution in [-0.4, -0.2) is 38.0 Å². The molecule has 3 amide bonds. The fourth-order valence-corrected chi connectivity index (χ4v) is 5.11. The summed E-state index contributed by atoms with van der Waals surface area (Å²) in [5.41, 5.74) is 1.57. The average molecular weight is 553 g/mol. The van der Waals surface area contributed by atoms with E-state index in [1.54, 1.807) is 55.0 Å². The number of rotatable bonds is 8. The number of nitrogens with one attached hydrogen (secondary N) is 3. The van der Waals surface area contributed by atoms with Gasteiger partial charge in [-0.15, -0.1) is 0 Å². The molecular formula is C30H29FN8O2. The third-order valence-electron chi connectivity index (χ3n) is 7.21. The lowest BCUT2D eigenvalue weighted by molar-refractivity contribution is 0.0952. The largest absolute Gasteiger partial charge is 0.350 e. The normalized spacial score (nSPS) is 14.0. The molecule has 4 aromatic rings. The predicted octanol–water partition coefficient (Wildman–Crippen LogP) is 4.76. The number of nitrogens with zero attached hydrogens (tertiary/aromatic N) is 5. The molecular weight excluding hydrogens is 523 g/mol. The Morgan fingerprint density at radius 1 is 1.05 bits per heavy atom. The minimum Gasteiger partial charge on any atom is -0.350 e. The van der Waals surface area contributed by atoms with Gasteiger partial charge in [-0.25, -0.2) is 24.1 Å². The zero-order valence-electron chi connectivity index (χ0n) is 22.3. The van der Waals surface area contributed by atoms with Crippen molar-refractivity contribution in [2.24, 2.45) is 0 Å². The maximum atomic E-state index is 15.1. The molecule has 1 aliphatic carbocycles. The van der Waals surface area contributed by atoms with Crippen LogP contribution in [0.5, 0.6) is 0 Å². The second-order valence-corrected chi connectivity index (χ2v) is 9.93. The van der Waals surface area contributed by atoms with Crippen LogP contribution in [0.4, 0.5) is 14.9 Å². The molecule has 208 valence electrons. The number of halogens is 1. The standard InChI is InChI=1S/C30H29FN8O2/c31-25-18-23(36-29(41)38-30(11-2-1-3-12-30)26-10-13-34-27(19-32)37-26)8-9-24(25)21-4-6-22(7-5-21)28(40)35-15-17-39-16-14-33-20-39/h4-10,13-14,16,18,20H,1-3,11-12,15,17H2,(H,35,40)(H2,36,38,41). The molecule has 41 heavy (non-hydrogen) atoms. The molecule has 0 radical (unpaired) electrons. The quantitative estimate of drug-likeness (QED) is 0.288. The van der Waals surface area contributed by atoms with E-state index in [-0.39, 0.29) is 11.7 Å². The highest BCUT2D eigenvalue weighted by Gasteiger charge is 2.37. The summed E-state index contributed by atoms with van der Waals surface area (Å²) in [4.78, 5) is 37.7. The summed E-state index contributed by atoms with van der Waals surface area (Å²) in [6, 6.07) is 14.3. The fraction of sp³-hybridized carbons (Fsp3) is 0.267. The Balaban J connectivity index is 1.22. The summed E-state index contributed by atoms with van der Waals surface area (Å²) in [5, 5.41) is 17.8. The van der Waals surface area contributed by atoms with E-state index in [4.69, 9.17) is 0 Å². The number of hydrogen-bond donors (Lipinski definition) is 3. The van der Waals surface area contributed by atoms with E-state index in [0.29, 0.717) is 54.0 Å². The molecule has 2 heterocycles. The molecule has 0 saturated heterocycles. The van der Waals surface area contributed by atoms with Gasteiger partial charge in [-0.3, -0.25) is 4.79 Å². The molecule has 0 bridgehead atoms. The monoisotopic (exact) mass is 552 g/mol. The summed E-state index contributed by atoms with van der Waals surface area (Å²) >= 11 is 0. The van der Waals surface area contributed by atoms with Crippen molar-refractivity contribution in [3.8, 4) is 17.2 Å². The van der Waals surface area contributed by atoms with Crippen LogP contribution in [-0.2, 0) is 12.1 Å². The van der Waals surface area contributed by atoms with Gasteiger partial charge in [-0.2, -0.15) is 5.26 Å². The van der Waals surface area contributed by atoms with Crippen molar-refractivity contribution >= 4 is 17.6 Å². The Labute approximate surface area is 236 Å². The van der Waals surface area contributed by atoms with Crippen molar-refractivity contribution < 1.29 is 14.0 Å². The van der Waals surface area contributed by atoms with E-state index in [0.717, 1.165) is 19.3 Å². The molecule has 1 aliphatic rings. The van der Waals surface area contributed by atoms with E-state index in [1.165, 1.54) is 12.3 Å². The van der Waals surface area contributed by atoms with E-state index in [2.05, 4.69) is 30.9 Å². The molecule has 3 N–H and O–H groups in total. The van der Waals surface area contributed by atoms with E-state index in [1.807, 2.05) is 16.8 Å². The van der Waals surface area contributed by atoms with Crippen molar-refractivity contribution in [2.75, 3.05) is 11.9 Å². The van der Waals surface area contributed by atoms with Gasteiger partial charge < -0.3 is 20.5 Å². The number of carbonyl (C=O) groups is 2. The maximum absolute atomic E-state index is 15.1. The lowest BCUT2D eigenvalue weighted by atomic mass is 9.79. The molecule has 10 nitrogen and oxygen atoms in total. The third kappa shape index (κ3) is 6.55. The molecule has 0 atom stereocenters. The number of anilines is 1. The Bertz CT molecular complexity index is 1560. The van der Waals surface area contributed by atoms with Crippen LogP contribution in [0.2, 0.25) is 0 Å². The SMILES string of the molecule is N#Cc1nccc(C2(NC(=O)Nc3ccc(-c4ccc(C(=O)NCCn5ccnc5)cc4)c(F)c3)CCCCC2)n1. The van der Waals surface area contributed by atoms with E-state index in [9.17, 15) is 14.9 Å². The summed E-state index contributed by atoms with van der Waals surface area (Å²) in [6.45, 7) is 1.06. The van der Waals surface area contributed by atoms with Crippen molar-refractivity contribution in [3.63, 3.8) is 0 Å².